The molecule has 1 heterocycles. The lowest BCUT2D eigenvalue weighted by molar-refractivity contribution is -0.121. The van der Waals surface area contributed by atoms with Gasteiger partial charge in [0.25, 0.3) is 0 Å². The number of ether oxygens (including phenoxy) is 1. The lowest BCUT2D eigenvalue weighted by Crippen LogP contribution is -2.24. The Bertz CT molecular complexity index is 932. The molecule has 0 fully saturated rings. The molecule has 0 saturated heterocycles. The van der Waals surface area contributed by atoms with Gasteiger partial charge in [0, 0.05) is 48.7 Å². The molecule has 3 aromatic rings. The van der Waals surface area contributed by atoms with Crippen molar-refractivity contribution in [2.45, 2.75) is 24.4 Å². The van der Waals surface area contributed by atoms with Crippen LogP contribution in [0.15, 0.2) is 59.8 Å². The van der Waals surface area contributed by atoms with Crippen molar-refractivity contribution >= 4 is 29.3 Å². The van der Waals surface area contributed by atoms with E-state index in [9.17, 15) is 4.79 Å². The van der Waals surface area contributed by atoms with Crippen LogP contribution in [0.3, 0.4) is 0 Å². The largest absolute Gasteiger partial charge is 0.385 e. The van der Waals surface area contributed by atoms with E-state index in [1.165, 1.54) is 0 Å². The van der Waals surface area contributed by atoms with Crippen molar-refractivity contribution in [3.63, 3.8) is 0 Å². The zero-order valence-electron chi connectivity index (χ0n) is 16.9. The van der Waals surface area contributed by atoms with E-state index >= 15 is 0 Å². The van der Waals surface area contributed by atoms with Gasteiger partial charge in [-0.1, -0.05) is 41.6 Å². The van der Waals surface area contributed by atoms with Crippen molar-refractivity contribution in [3.05, 3.63) is 59.6 Å². The molecule has 30 heavy (non-hydrogen) atoms. The fourth-order valence-electron chi connectivity index (χ4n) is 2.89. The molecule has 0 spiro atoms. The zero-order valence-corrected chi connectivity index (χ0v) is 18.5. The van der Waals surface area contributed by atoms with Gasteiger partial charge < -0.3 is 10.1 Å². The molecule has 0 atom stereocenters. The fourth-order valence-corrected chi connectivity index (χ4v) is 3.90. The molecule has 0 bridgehead atoms. The Labute approximate surface area is 186 Å². The number of nitrogens with one attached hydrogen (secondary N) is 1. The summed E-state index contributed by atoms with van der Waals surface area (Å²) >= 11 is 7.63. The second kappa shape index (κ2) is 11.7. The molecule has 8 heteroatoms. The number of aromatic nitrogens is 3. The summed E-state index contributed by atoms with van der Waals surface area (Å²) in [5.74, 6) is 1.60. The van der Waals surface area contributed by atoms with Gasteiger partial charge in [-0.25, -0.2) is 0 Å². The van der Waals surface area contributed by atoms with E-state index in [1.54, 1.807) is 18.9 Å². The normalized spacial score (nSPS) is 10.9. The summed E-state index contributed by atoms with van der Waals surface area (Å²) in [6.07, 6.45) is 2.08. The maximum Gasteiger partial charge on any atom is 0.220 e. The van der Waals surface area contributed by atoms with Crippen LogP contribution in [0.5, 0.6) is 0 Å². The number of rotatable bonds is 11. The molecule has 1 amide bonds. The summed E-state index contributed by atoms with van der Waals surface area (Å²) in [5, 5.41) is 13.2. The Balaban J connectivity index is 1.65. The molecule has 0 aliphatic heterocycles. The van der Waals surface area contributed by atoms with Crippen molar-refractivity contribution in [1.29, 1.82) is 0 Å². The molecule has 2 aromatic carbocycles. The maximum absolute atomic E-state index is 11.9. The first-order chi connectivity index (χ1) is 14.7. The summed E-state index contributed by atoms with van der Waals surface area (Å²) < 4.78 is 7.02. The number of methoxy groups -OCH3 is 1. The smallest absolute Gasteiger partial charge is 0.220 e. The number of benzene rings is 2. The monoisotopic (exact) mass is 444 g/mol. The van der Waals surface area contributed by atoms with Gasteiger partial charge in [-0.3, -0.25) is 9.36 Å². The van der Waals surface area contributed by atoms with E-state index in [4.69, 9.17) is 16.3 Å². The molecule has 3 rings (SSSR count). The van der Waals surface area contributed by atoms with E-state index in [2.05, 4.69) is 15.5 Å². The summed E-state index contributed by atoms with van der Waals surface area (Å²) in [7, 11) is 1.66. The number of halogens is 1. The minimum Gasteiger partial charge on any atom is -0.385 e. The standard InChI is InChI=1S/C22H25ClN4O2S/c1-29-15-6-14-24-20(28)9-5-16-30-22-26-25-21(17-10-12-18(23)13-11-17)27(22)19-7-3-2-4-8-19/h2-4,7-8,10-13H,5-6,9,14-16H2,1H3,(H,24,28). The minimum atomic E-state index is 0.0677. The number of carbonyl (C=O) groups is 1. The number of nitrogens with zero attached hydrogens (tertiary/aromatic N) is 3. The highest BCUT2D eigenvalue weighted by Gasteiger charge is 2.16. The van der Waals surface area contributed by atoms with Gasteiger partial charge in [0.15, 0.2) is 11.0 Å². The fraction of sp³-hybridized carbons (Fsp3) is 0.318. The number of carbonyl (C=O) groups excluding carboxylic acids is 1. The molecule has 1 N–H and O–H groups in total. The summed E-state index contributed by atoms with van der Waals surface area (Å²) in [5.41, 5.74) is 1.93. The second-order valence-electron chi connectivity index (χ2n) is 6.63. The lowest BCUT2D eigenvalue weighted by atomic mass is 10.2. The molecule has 0 aliphatic rings. The van der Waals surface area contributed by atoms with E-state index in [0.29, 0.717) is 24.6 Å². The van der Waals surface area contributed by atoms with Crippen LogP contribution in [0.1, 0.15) is 19.3 Å². The highest BCUT2D eigenvalue weighted by atomic mass is 35.5. The van der Waals surface area contributed by atoms with Gasteiger partial charge in [-0.05, 0) is 49.2 Å². The maximum atomic E-state index is 11.9. The lowest BCUT2D eigenvalue weighted by Gasteiger charge is -2.10. The molecule has 0 unspecified atom stereocenters. The second-order valence-corrected chi connectivity index (χ2v) is 8.13. The Morgan fingerprint density at radius 2 is 1.87 bits per heavy atom. The van der Waals surface area contributed by atoms with Gasteiger partial charge in [0.1, 0.15) is 0 Å². The van der Waals surface area contributed by atoms with E-state index < -0.39 is 0 Å². The van der Waals surface area contributed by atoms with Crippen LogP contribution < -0.4 is 5.32 Å². The quantitative estimate of drug-likeness (QED) is 0.345. The molecular formula is C22H25ClN4O2S. The van der Waals surface area contributed by atoms with Crippen molar-refractivity contribution in [3.8, 4) is 17.1 Å². The van der Waals surface area contributed by atoms with Crippen molar-refractivity contribution in [2.75, 3.05) is 26.0 Å². The number of para-hydroxylation sites is 1. The number of amides is 1. The molecule has 0 aliphatic carbocycles. The van der Waals surface area contributed by atoms with Crippen LogP contribution in [0.2, 0.25) is 5.02 Å². The van der Waals surface area contributed by atoms with Crippen LogP contribution >= 0.6 is 23.4 Å². The first-order valence-electron chi connectivity index (χ1n) is 9.84. The molecule has 1 aromatic heterocycles. The van der Waals surface area contributed by atoms with E-state index in [0.717, 1.165) is 40.8 Å². The zero-order chi connectivity index (χ0) is 21.2. The highest BCUT2D eigenvalue weighted by molar-refractivity contribution is 7.99. The van der Waals surface area contributed by atoms with Crippen LogP contribution in [-0.2, 0) is 9.53 Å². The van der Waals surface area contributed by atoms with Gasteiger partial charge >= 0.3 is 0 Å². The number of hydrogen-bond donors (Lipinski definition) is 1. The molecule has 0 radical (unpaired) electrons. The average Bonchev–Trinajstić information content (AvgIpc) is 3.19. The van der Waals surface area contributed by atoms with Crippen molar-refractivity contribution in [2.24, 2.45) is 0 Å². The van der Waals surface area contributed by atoms with Crippen LogP contribution in [0.4, 0.5) is 0 Å². The summed E-state index contributed by atoms with van der Waals surface area (Å²) in [6, 6.07) is 17.6. The van der Waals surface area contributed by atoms with Crippen LogP contribution in [-0.4, -0.2) is 46.7 Å². The Morgan fingerprint density at radius 3 is 2.60 bits per heavy atom. The van der Waals surface area contributed by atoms with Crippen molar-refractivity contribution < 1.29 is 9.53 Å². The predicted octanol–water partition coefficient (Wildman–Crippen LogP) is 4.61. The van der Waals surface area contributed by atoms with Crippen LogP contribution in [0, 0.1) is 0 Å². The predicted molar refractivity (Wildman–Crippen MR) is 121 cm³/mol. The van der Waals surface area contributed by atoms with Crippen LogP contribution in [0.25, 0.3) is 17.1 Å². The van der Waals surface area contributed by atoms with Gasteiger partial charge in [-0.15, -0.1) is 10.2 Å². The third kappa shape index (κ3) is 6.32. The number of hydrogen-bond acceptors (Lipinski definition) is 5. The first kappa shape index (κ1) is 22.3. The molecule has 0 saturated carbocycles. The first-order valence-corrected chi connectivity index (χ1v) is 11.2. The third-order valence-corrected chi connectivity index (χ3v) is 5.64. The van der Waals surface area contributed by atoms with E-state index in [1.807, 2.05) is 59.2 Å². The Morgan fingerprint density at radius 1 is 1.10 bits per heavy atom. The Kier molecular flexibility index (Phi) is 8.74. The summed E-state index contributed by atoms with van der Waals surface area (Å²) in [6.45, 7) is 1.30. The third-order valence-electron chi connectivity index (χ3n) is 4.38. The van der Waals surface area contributed by atoms with Gasteiger partial charge in [-0.2, -0.15) is 0 Å². The van der Waals surface area contributed by atoms with Crippen molar-refractivity contribution in [1.82, 2.24) is 20.1 Å². The topological polar surface area (TPSA) is 69.0 Å². The molecule has 158 valence electrons. The molecular weight excluding hydrogens is 420 g/mol. The SMILES string of the molecule is COCCCNC(=O)CCCSc1nnc(-c2ccc(Cl)cc2)n1-c1ccccc1. The molecule has 6 nitrogen and oxygen atoms in total. The minimum absolute atomic E-state index is 0.0677. The Hall–Kier alpha value is -2.35. The average molecular weight is 445 g/mol. The highest BCUT2D eigenvalue weighted by Crippen LogP contribution is 2.29. The summed E-state index contributed by atoms with van der Waals surface area (Å²) in [4.78, 5) is 11.9. The van der Waals surface area contributed by atoms with Gasteiger partial charge in [0.05, 0.1) is 0 Å². The van der Waals surface area contributed by atoms with E-state index in [-0.39, 0.29) is 5.91 Å². The van der Waals surface area contributed by atoms with Gasteiger partial charge in [0.2, 0.25) is 5.91 Å². The number of thioether (sulfide) groups is 1.